The minimum atomic E-state index is -0.467. The molecule has 0 radical (unpaired) electrons. The van der Waals surface area contributed by atoms with Gasteiger partial charge in [-0.3, -0.25) is 20.4 Å². The van der Waals surface area contributed by atoms with Crippen molar-refractivity contribution in [2.24, 2.45) is 0 Å². The molecule has 2 amide bonds. The van der Waals surface area contributed by atoms with Crippen molar-refractivity contribution in [1.29, 1.82) is 0 Å². The lowest BCUT2D eigenvalue weighted by molar-refractivity contribution is -0.117. The fraction of sp³-hybridized carbons (Fsp3) is 0.312. The molecule has 8 nitrogen and oxygen atoms in total. The van der Waals surface area contributed by atoms with Gasteiger partial charge in [0.25, 0.3) is 11.8 Å². The molecule has 3 rings (SSSR count). The highest BCUT2D eigenvalue weighted by molar-refractivity contribution is 7.13. The third-order valence-corrected chi connectivity index (χ3v) is 4.37. The summed E-state index contributed by atoms with van der Waals surface area (Å²) in [5.74, 6) is 0.388. The number of hydrazine groups is 1. The van der Waals surface area contributed by atoms with Crippen LogP contribution in [0.1, 0.15) is 22.0 Å². The van der Waals surface area contributed by atoms with Crippen molar-refractivity contribution in [1.82, 2.24) is 15.8 Å². The lowest BCUT2D eigenvalue weighted by Crippen LogP contribution is -2.41. The zero-order valence-corrected chi connectivity index (χ0v) is 14.5. The van der Waals surface area contributed by atoms with Gasteiger partial charge in [0, 0.05) is 24.5 Å². The van der Waals surface area contributed by atoms with Crippen LogP contribution in [0.2, 0.25) is 0 Å². The summed E-state index contributed by atoms with van der Waals surface area (Å²) < 4.78 is 10.6. The summed E-state index contributed by atoms with van der Waals surface area (Å²) in [5.41, 5.74) is 4.91. The number of nitrogens with one attached hydrogen (secondary N) is 2. The van der Waals surface area contributed by atoms with Gasteiger partial charge in [0.1, 0.15) is 17.2 Å². The van der Waals surface area contributed by atoms with Crippen LogP contribution >= 0.6 is 11.3 Å². The summed E-state index contributed by atoms with van der Waals surface area (Å²) >= 11 is 1.39. The van der Waals surface area contributed by atoms with Gasteiger partial charge in [-0.2, -0.15) is 0 Å². The second-order valence-electron chi connectivity index (χ2n) is 5.34. The molecule has 0 saturated carbocycles. The van der Waals surface area contributed by atoms with Crippen LogP contribution in [0.15, 0.2) is 28.0 Å². The quantitative estimate of drug-likeness (QED) is 0.630. The van der Waals surface area contributed by atoms with Crippen LogP contribution in [-0.4, -0.2) is 43.1 Å². The number of rotatable bonds is 4. The Morgan fingerprint density at radius 2 is 2.08 bits per heavy atom. The van der Waals surface area contributed by atoms with Gasteiger partial charge in [-0.1, -0.05) is 0 Å². The average molecular weight is 362 g/mol. The Morgan fingerprint density at radius 1 is 1.28 bits per heavy atom. The minimum absolute atomic E-state index is 0.262. The van der Waals surface area contributed by atoms with E-state index in [0.29, 0.717) is 19.0 Å². The van der Waals surface area contributed by atoms with Crippen molar-refractivity contribution in [3.05, 3.63) is 40.8 Å². The van der Waals surface area contributed by atoms with E-state index in [0.717, 1.165) is 24.0 Å². The molecule has 1 fully saturated rings. The van der Waals surface area contributed by atoms with Gasteiger partial charge >= 0.3 is 0 Å². The number of furan rings is 1. The van der Waals surface area contributed by atoms with Crippen LogP contribution < -0.4 is 15.8 Å². The molecule has 1 saturated heterocycles. The largest absolute Gasteiger partial charge is 0.462 e. The van der Waals surface area contributed by atoms with Crippen molar-refractivity contribution in [2.45, 2.75) is 6.92 Å². The first kappa shape index (κ1) is 17.2. The highest BCUT2D eigenvalue weighted by Gasteiger charge is 2.17. The molecule has 1 aliphatic rings. The van der Waals surface area contributed by atoms with E-state index in [-0.39, 0.29) is 5.69 Å². The number of hydrogen-bond acceptors (Lipinski definition) is 7. The average Bonchev–Trinajstić information content (AvgIpc) is 3.28. The molecule has 0 atom stereocenters. The summed E-state index contributed by atoms with van der Waals surface area (Å²) in [5, 5.41) is 2.43. The normalized spacial score (nSPS) is 14.7. The van der Waals surface area contributed by atoms with E-state index in [1.54, 1.807) is 17.5 Å². The second-order valence-corrected chi connectivity index (χ2v) is 6.18. The first-order chi connectivity index (χ1) is 12.1. The summed E-state index contributed by atoms with van der Waals surface area (Å²) in [4.78, 5) is 30.1. The van der Waals surface area contributed by atoms with Crippen LogP contribution in [0, 0.1) is 6.92 Å². The van der Waals surface area contributed by atoms with Gasteiger partial charge in [-0.15, -0.1) is 11.3 Å². The Morgan fingerprint density at radius 3 is 2.80 bits per heavy atom. The lowest BCUT2D eigenvalue weighted by atomic mass is 10.4. The van der Waals surface area contributed by atoms with E-state index in [1.807, 2.05) is 6.92 Å². The number of nitrogens with zero attached hydrogens (tertiary/aromatic N) is 2. The number of carbonyl (C=O) groups excluding carboxylic acids is 2. The van der Waals surface area contributed by atoms with E-state index in [1.165, 1.54) is 23.5 Å². The van der Waals surface area contributed by atoms with E-state index in [9.17, 15) is 9.59 Å². The number of aromatic nitrogens is 1. The van der Waals surface area contributed by atoms with Crippen molar-refractivity contribution in [3.63, 3.8) is 0 Å². The van der Waals surface area contributed by atoms with Crippen molar-refractivity contribution >= 4 is 34.4 Å². The molecule has 1 aliphatic heterocycles. The first-order valence-electron chi connectivity index (χ1n) is 7.75. The molecular formula is C16H18N4O4S. The third-order valence-electron chi connectivity index (χ3n) is 3.47. The molecule has 9 heteroatoms. The van der Waals surface area contributed by atoms with Gasteiger partial charge in [0.05, 0.1) is 13.2 Å². The molecule has 2 aromatic rings. The summed E-state index contributed by atoms with van der Waals surface area (Å²) in [6.45, 7) is 4.62. The molecule has 0 aliphatic carbocycles. The fourth-order valence-electron chi connectivity index (χ4n) is 2.19. The zero-order valence-electron chi connectivity index (χ0n) is 13.7. The van der Waals surface area contributed by atoms with Crippen LogP contribution in [0.5, 0.6) is 0 Å². The minimum Gasteiger partial charge on any atom is -0.462 e. The smallest absolute Gasteiger partial charge is 0.289 e. The molecule has 3 heterocycles. The number of carbonyl (C=O) groups is 2. The molecule has 0 unspecified atom stereocenters. The van der Waals surface area contributed by atoms with Crippen LogP contribution in [-0.2, 0) is 9.53 Å². The summed E-state index contributed by atoms with van der Waals surface area (Å²) in [6, 6.07) is 3.55. The van der Waals surface area contributed by atoms with Crippen LogP contribution in [0.25, 0.3) is 6.08 Å². The molecule has 2 N–H and O–H groups in total. The van der Waals surface area contributed by atoms with Crippen molar-refractivity contribution in [3.8, 4) is 0 Å². The topological polar surface area (TPSA) is 96.7 Å². The number of ether oxygens (including phenoxy) is 1. The van der Waals surface area contributed by atoms with Gasteiger partial charge < -0.3 is 14.1 Å². The van der Waals surface area contributed by atoms with Gasteiger partial charge in [0.2, 0.25) is 0 Å². The predicted octanol–water partition coefficient (Wildman–Crippen LogP) is 1.36. The number of thiazole rings is 1. The highest BCUT2D eigenvalue weighted by atomic mass is 32.1. The van der Waals surface area contributed by atoms with E-state index in [2.05, 4.69) is 20.7 Å². The molecule has 25 heavy (non-hydrogen) atoms. The Kier molecular flexibility index (Phi) is 5.46. The maximum absolute atomic E-state index is 12.1. The fourth-order valence-corrected chi connectivity index (χ4v) is 3.05. The van der Waals surface area contributed by atoms with E-state index < -0.39 is 11.8 Å². The molecular weight excluding hydrogens is 344 g/mol. The van der Waals surface area contributed by atoms with Gasteiger partial charge in [-0.25, -0.2) is 4.98 Å². The molecule has 2 aromatic heterocycles. The Hall–Kier alpha value is -2.65. The molecule has 132 valence electrons. The third kappa shape index (κ3) is 4.68. The Labute approximate surface area is 148 Å². The first-order valence-corrected chi connectivity index (χ1v) is 8.63. The lowest BCUT2D eigenvalue weighted by Gasteiger charge is -2.25. The maximum Gasteiger partial charge on any atom is 0.289 e. The second kappa shape index (κ2) is 7.95. The van der Waals surface area contributed by atoms with Crippen LogP contribution in [0.4, 0.5) is 5.13 Å². The highest BCUT2D eigenvalue weighted by Crippen LogP contribution is 2.21. The van der Waals surface area contributed by atoms with Gasteiger partial charge in [0.15, 0.2) is 5.13 Å². The molecule has 0 bridgehead atoms. The Balaban J connectivity index is 1.49. The number of anilines is 1. The number of hydrogen-bond donors (Lipinski definition) is 2. The summed E-state index contributed by atoms with van der Waals surface area (Å²) in [7, 11) is 0. The maximum atomic E-state index is 12.1. The van der Waals surface area contributed by atoms with E-state index in [4.69, 9.17) is 9.15 Å². The summed E-state index contributed by atoms with van der Waals surface area (Å²) in [6.07, 6.45) is 2.80. The molecule has 0 spiro atoms. The van der Waals surface area contributed by atoms with E-state index >= 15 is 0 Å². The van der Waals surface area contributed by atoms with Crippen LogP contribution in [0.3, 0.4) is 0 Å². The standard InChI is InChI=1S/C16H18N4O4S/c1-11-2-3-12(24-11)4-5-14(21)18-19-15(22)13-10-25-16(17-13)20-6-8-23-9-7-20/h2-5,10H,6-9H2,1H3,(H,18,21)(H,19,22)/b5-4+. The van der Waals surface area contributed by atoms with Crippen molar-refractivity contribution < 1.29 is 18.7 Å². The van der Waals surface area contributed by atoms with Crippen molar-refractivity contribution in [2.75, 3.05) is 31.2 Å². The number of morpholine rings is 1. The Bertz CT molecular complexity index is 777. The predicted molar refractivity (Wildman–Crippen MR) is 93.2 cm³/mol. The monoisotopic (exact) mass is 362 g/mol. The van der Waals surface area contributed by atoms with Gasteiger partial charge in [-0.05, 0) is 25.1 Å². The zero-order chi connectivity index (χ0) is 17.6. The number of aryl methyl sites for hydroxylation is 1. The SMILES string of the molecule is Cc1ccc(/C=C/C(=O)NNC(=O)c2csc(N3CCOCC3)n2)o1. The number of amides is 2. The molecule has 0 aromatic carbocycles.